The van der Waals surface area contributed by atoms with Crippen LogP contribution in [-0.4, -0.2) is 11.1 Å². The molecule has 1 unspecified atom stereocenters. The van der Waals surface area contributed by atoms with E-state index in [1.807, 2.05) is 24.4 Å². The summed E-state index contributed by atoms with van der Waals surface area (Å²) < 4.78 is 0. The molecule has 0 saturated heterocycles. The second-order valence-electron chi connectivity index (χ2n) is 4.22. The van der Waals surface area contributed by atoms with Gasteiger partial charge in [0.05, 0.1) is 11.6 Å². The Morgan fingerprint density at radius 2 is 2.17 bits per heavy atom. The number of carbonyl (C=O) groups is 1. The van der Waals surface area contributed by atoms with E-state index in [1.54, 1.807) is 23.5 Å². The quantitative estimate of drug-likeness (QED) is 0.876. The number of hydrogen-bond acceptors (Lipinski definition) is 3. The van der Waals surface area contributed by atoms with Crippen LogP contribution in [0.25, 0.3) is 0 Å². The number of rotatable bonds is 4. The molecule has 1 heterocycles. The first kappa shape index (κ1) is 12.6. The monoisotopic (exact) mass is 261 g/mol. The van der Waals surface area contributed by atoms with E-state index < -0.39 is 5.97 Å². The average Bonchev–Trinajstić information content (AvgIpc) is 2.85. The largest absolute Gasteiger partial charge is 0.478 e. The highest BCUT2D eigenvalue weighted by Crippen LogP contribution is 2.25. The maximum absolute atomic E-state index is 10.9. The Morgan fingerprint density at radius 3 is 2.72 bits per heavy atom. The second kappa shape index (κ2) is 5.23. The zero-order valence-corrected chi connectivity index (χ0v) is 11.1. The lowest BCUT2D eigenvalue weighted by molar-refractivity contribution is 0.0697. The van der Waals surface area contributed by atoms with Crippen molar-refractivity contribution in [2.45, 2.75) is 19.9 Å². The van der Waals surface area contributed by atoms with E-state index in [1.165, 1.54) is 4.88 Å². The van der Waals surface area contributed by atoms with Gasteiger partial charge in [0.1, 0.15) is 0 Å². The van der Waals surface area contributed by atoms with Gasteiger partial charge in [-0.3, -0.25) is 0 Å². The molecule has 0 bridgehead atoms. The van der Waals surface area contributed by atoms with E-state index in [2.05, 4.69) is 18.3 Å². The van der Waals surface area contributed by atoms with Gasteiger partial charge in [0.15, 0.2) is 0 Å². The van der Waals surface area contributed by atoms with Crippen molar-refractivity contribution >= 4 is 23.0 Å². The summed E-state index contributed by atoms with van der Waals surface area (Å²) in [6.07, 6.45) is 0. The predicted molar refractivity (Wildman–Crippen MR) is 74.5 cm³/mol. The molecule has 0 aliphatic rings. The third-order valence-electron chi connectivity index (χ3n) is 2.82. The molecule has 3 nitrogen and oxygen atoms in total. The van der Waals surface area contributed by atoms with Crippen LogP contribution >= 0.6 is 11.3 Å². The molecule has 1 atom stereocenters. The highest BCUT2D eigenvalue weighted by Gasteiger charge is 2.09. The Kier molecular flexibility index (Phi) is 3.67. The first-order valence-corrected chi connectivity index (χ1v) is 6.60. The Bertz CT molecular complexity index is 549. The van der Waals surface area contributed by atoms with Crippen molar-refractivity contribution < 1.29 is 9.90 Å². The van der Waals surface area contributed by atoms with Gasteiger partial charge >= 0.3 is 5.97 Å². The Morgan fingerprint density at radius 1 is 1.39 bits per heavy atom. The SMILES string of the molecule is Cc1cc(C(=O)O)ccc1NC(C)c1cccs1. The molecule has 0 fully saturated rings. The summed E-state index contributed by atoms with van der Waals surface area (Å²) in [5, 5.41) is 14.4. The van der Waals surface area contributed by atoms with E-state index in [4.69, 9.17) is 5.11 Å². The zero-order valence-electron chi connectivity index (χ0n) is 10.3. The second-order valence-corrected chi connectivity index (χ2v) is 5.20. The number of anilines is 1. The van der Waals surface area contributed by atoms with Gasteiger partial charge in [-0.15, -0.1) is 11.3 Å². The number of benzene rings is 1. The zero-order chi connectivity index (χ0) is 13.1. The number of hydrogen-bond donors (Lipinski definition) is 2. The first-order chi connectivity index (χ1) is 8.58. The summed E-state index contributed by atoms with van der Waals surface area (Å²) in [4.78, 5) is 12.1. The fourth-order valence-corrected chi connectivity index (χ4v) is 2.54. The molecule has 4 heteroatoms. The van der Waals surface area contributed by atoms with E-state index in [9.17, 15) is 4.79 Å². The molecule has 0 spiro atoms. The topological polar surface area (TPSA) is 49.3 Å². The van der Waals surface area contributed by atoms with Crippen molar-refractivity contribution in [2.24, 2.45) is 0 Å². The molecule has 2 rings (SSSR count). The van der Waals surface area contributed by atoms with E-state index in [-0.39, 0.29) is 6.04 Å². The molecule has 0 radical (unpaired) electrons. The van der Waals surface area contributed by atoms with Crippen LogP contribution in [-0.2, 0) is 0 Å². The van der Waals surface area contributed by atoms with Crippen molar-refractivity contribution in [1.29, 1.82) is 0 Å². The molecule has 0 amide bonds. The molecule has 0 aliphatic heterocycles. The van der Waals surface area contributed by atoms with Crippen LogP contribution in [0, 0.1) is 6.92 Å². The van der Waals surface area contributed by atoms with Crippen LogP contribution in [0.15, 0.2) is 35.7 Å². The maximum atomic E-state index is 10.9. The number of thiophene rings is 1. The lowest BCUT2D eigenvalue weighted by Crippen LogP contribution is -2.07. The minimum Gasteiger partial charge on any atom is -0.478 e. The third kappa shape index (κ3) is 2.71. The Labute approximate surface area is 110 Å². The number of nitrogens with one attached hydrogen (secondary N) is 1. The average molecular weight is 261 g/mol. The van der Waals surface area contributed by atoms with Crippen molar-refractivity contribution in [3.05, 3.63) is 51.7 Å². The lowest BCUT2D eigenvalue weighted by Gasteiger charge is -2.16. The molecular weight excluding hydrogens is 246 g/mol. The Hall–Kier alpha value is -1.81. The van der Waals surface area contributed by atoms with Gasteiger partial charge < -0.3 is 10.4 Å². The summed E-state index contributed by atoms with van der Waals surface area (Å²) in [6.45, 7) is 4.01. The lowest BCUT2D eigenvalue weighted by atomic mass is 10.1. The molecule has 1 aromatic carbocycles. The highest BCUT2D eigenvalue weighted by atomic mass is 32.1. The standard InChI is InChI=1S/C14H15NO2S/c1-9-8-11(14(16)17)5-6-12(9)15-10(2)13-4-3-7-18-13/h3-8,10,15H,1-2H3,(H,16,17). The summed E-state index contributed by atoms with van der Waals surface area (Å²) >= 11 is 1.71. The van der Waals surface area contributed by atoms with Crippen LogP contribution in [0.4, 0.5) is 5.69 Å². The molecule has 94 valence electrons. The van der Waals surface area contributed by atoms with E-state index in [0.29, 0.717) is 5.56 Å². The predicted octanol–water partition coefficient (Wildman–Crippen LogP) is 3.93. The van der Waals surface area contributed by atoms with Gasteiger partial charge in [0, 0.05) is 10.6 Å². The van der Waals surface area contributed by atoms with Gasteiger partial charge in [0.2, 0.25) is 0 Å². The molecular formula is C14H15NO2S. The smallest absolute Gasteiger partial charge is 0.335 e. The number of carboxylic acids is 1. The normalized spacial score (nSPS) is 12.1. The minimum atomic E-state index is -0.893. The van der Waals surface area contributed by atoms with Gasteiger partial charge in [-0.1, -0.05) is 6.07 Å². The summed E-state index contributed by atoms with van der Waals surface area (Å²) in [5.74, 6) is -0.893. The fourth-order valence-electron chi connectivity index (χ4n) is 1.80. The molecule has 18 heavy (non-hydrogen) atoms. The summed E-state index contributed by atoms with van der Waals surface area (Å²) in [6, 6.07) is 9.47. The van der Waals surface area contributed by atoms with Crippen LogP contribution in [0.2, 0.25) is 0 Å². The van der Waals surface area contributed by atoms with Crippen LogP contribution in [0.3, 0.4) is 0 Å². The van der Waals surface area contributed by atoms with Crippen molar-refractivity contribution in [3.8, 4) is 0 Å². The molecule has 2 N–H and O–H groups in total. The molecule has 1 aromatic heterocycles. The van der Waals surface area contributed by atoms with Gasteiger partial charge in [-0.2, -0.15) is 0 Å². The summed E-state index contributed by atoms with van der Waals surface area (Å²) in [7, 11) is 0. The van der Waals surface area contributed by atoms with Gasteiger partial charge in [-0.05, 0) is 49.1 Å². The number of carboxylic acid groups (broad SMARTS) is 1. The van der Waals surface area contributed by atoms with Crippen molar-refractivity contribution in [2.75, 3.05) is 5.32 Å². The highest BCUT2D eigenvalue weighted by molar-refractivity contribution is 7.10. The van der Waals surface area contributed by atoms with Crippen LogP contribution in [0.1, 0.15) is 33.8 Å². The number of aromatic carboxylic acids is 1. The molecule has 0 saturated carbocycles. The molecule has 2 aromatic rings. The van der Waals surface area contributed by atoms with Crippen LogP contribution < -0.4 is 5.32 Å². The first-order valence-electron chi connectivity index (χ1n) is 5.72. The van der Waals surface area contributed by atoms with Crippen molar-refractivity contribution in [1.82, 2.24) is 0 Å². The summed E-state index contributed by atoms with van der Waals surface area (Å²) in [5.41, 5.74) is 2.24. The van der Waals surface area contributed by atoms with Crippen LogP contribution in [0.5, 0.6) is 0 Å². The van der Waals surface area contributed by atoms with Crippen molar-refractivity contribution in [3.63, 3.8) is 0 Å². The van der Waals surface area contributed by atoms with E-state index >= 15 is 0 Å². The molecule has 0 aliphatic carbocycles. The Balaban J connectivity index is 2.17. The van der Waals surface area contributed by atoms with Gasteiger partial charge in [0.25, 0.3) is 0 Å². The van der Waals surface area contributed by atoms with E-state index in [0.717, 1.165) is 11.3 Å². The third-order valence-corrected chi connectivity index (χ3v) is 3.87. The maximum Gasteiger partial charge on any atom is 0.335 e. The van der Waals surface area contributed by atoms with Gasteiger partial charge in [-0.25, -0.2) is 4.79 Å². The fraction of sp³-hybridized carbons (Fsp3) is 0.214. The minimum absolute atomic E-state index is 0.222. The number of aryl methyl sites for hydroxylation is 1.